The number of esters is 2. The standard InChI is InChI=1S/C19H17ClO4/c20-16-9-4-10-17(14-16)24-19(22)12-11-18(21)23-13-5-8-15-6-2-1-3-7-15/h1-10,14H,11-13H2/b8-5+. The first-order valence-corrected chi connectivity index (χ1v) is 7.85. The van der Waals surface area contributed by atoms with Gasteiger partial charge < -0.3 is 9.47 Å². The van der Waals surface area contributed by atoms with Crippen LogP contribution in [0.4, 0.5) is 0 Å². The van der Waals surface area contributed by atoms with Crippen molar-refractivity contribution < 1.29 is 19.1 Å². The fourth-order valence-corrected chi connectivity index (χ4v) is 2.06. The highest BCUT2D eigenvalue weighted by Gasteiger charge is 2.10. The Hall–Kier alpha value is -2.59. The molecule has 24 heavy (non-hydrogen) atoms. The second kappa shape index (κ2) is 9.53. The van der Waals surface area contributed by atoms with E-state index < -0.39 is 11.9 Å². The molecule has 0 atom stereocenters. The summed E-state index contributed by atoms with van der Waals surface area (Å²) in [5.41, 5.74) is 1.03. The molecule has 2 aromatic carbocycles. The molecule has 0 aromatic heterocycles. The summed E-state index contributed by atoms with van der Waals surface area (Å²) >= 11 is 5.80. The number of carbonyl (C=O) groups is 2. The van der Waals surface area contributed by atoms with Crippen LogP contribution in [-0.2, 0) is 14.3 Å². The zero-order chi connectivity index (χ0) is 17.2. The molecule has 0 heterocycles. The van der Waals surface area contributed by atoms with Crippen molar-refractivity contribution in [2.45, 2.75) is 12.8 Å². The van der Waals surface area contributed by atoms with Crippen LogP contribution in [0.5, 0.6) is 5.75 Å². The quantitative estimate of drug-likeness (QED) is 0.555. The van der Waals surface area contributed by atoms with E-state index in [1.807, 2.05) is 36.4 Å². The Morgan fingerprint density at radius 3 is 2.46 bits per heavy atom. The molecule has 4 nitrogen and oxygen atoms in total. The van der Waals surface area contributed by atoms with Crippen molar-refractivity contribution in [2.24, 2.45) is 0 Å². The van der Waals surface area contributed by atoms with Gasteiger partial charge in [0.15, 0.2) is 0 Å². The molecule has 0 unspecified atom stereocenters. The fourth-order valence-electron chi connectivity index (χ4n) is 1.88. The topological polar surface area (TPSA) is 52.6 Å². The fraction of sp³-hybridized carbons (Fsp3) is 0.158. The molecule has 0 saturated heterocycles. The van der Waals surface area contributed by atoms with E-state index in [0.29, 0.717) is 10.8 Å². The third-order valence-electron chi connectivity index (χ3n) is 3.01. The van der Waals surface area contributed by atoms with Crippen LogP contribution < -0.4 is 4.74 Å². The largest absolute Gasteiger partial charge is 0.461 e. The second-order valence-electron chi connectivity index (χ2n) is 4.93. The van der Waals surface area contributed by atoms with Gasteiger partial charge in [0.05, 0.1) is 12.8 Å². The Kier molecular flexibility index (Phi) is 7.05. The van der Waals surface area contributed by atoms with Crippen molar-refractivity contribution in [3.8, 4) is 5.75 Å². The molecule has 0 bridgehead atoms. The highest BCUT2D eigenvalue weighted by atomic mass is 35.5. The number of rotatable bonds is 7. The van der Waals surface area contributed by atoms with Crippen LogP contribution >= 0.6 is 11.6 Å². The van der Waals surface area contributed by atoms with Crippen LogP contribution in [-0.4, -0.2) is 18.5 Å². The van der Waals surface area contributed by atoms with E-state index in [2.05, 4.69) is 0 Å². The van der Waals surface area contributed by atoms with E-state index in [9.17, 15) is 9.59 Å². The van der Waals surface area contributed by atoms with Crippen molar-refractivity contribution in [1.82, 2.24) is 0 Å². The molecule has 0 aliphatic heterocycles. The summed E-state index contributed by atoms with van der Waals surface area (Å²) in [7, 11) is 0. The number of hydrogen-bond acceptors (Lipinski definition) is 4. The minimum Gasteiger partial charge on any atom is -0.461 e. The third kappa shape index (κ3) is 6.67. The second-order valence-corrected chi connectivity index (χ2v) is 5.36. The smallest absolute Gasteiger partial charge is 0.311 e. The molecule has 0 fully saturated rings. The maximum atomic E-state index is 11.7. The first kappa shape index (κ1) is 17.8. The van der Waals surface area contributed by atoms with Crippen LogP contribution in [0.15, 0.2) is 60.7 Å². The molecule has 2 aromatic rings. The molecular formula is C19H17ClO4. The van der Waals surface area contributed by atoms with Gasteiger partial charge in [0.2, 0.25) is 0 Å². The van der Waals surface area contributed by atoms with Gasteiger partial charge in [-0.15, -0.1) is 0 Å². The van der Waals surface area contributed by atoms with Gasteiger partial charge in [-0.2, -0.15) is 0 Å². The van der Waals surface area contributed by atoms with Crippen LogP contribution in [0, 0.1) is 0 Å². The molecular weight excluding hydrogens is 328 g/mol. The SMILES string of the molecule is O=C(CCC(=O)Oc1cccc(Cl)c1)OC/C=C/c1ccccc1. The summed E-state index contributed by atoms with van der Waals surface area (Å²) in [6.45, 7) is 0.164. The van der Waals surface area contributed by atoms with Crippen molar-refractivity contribution in [1.29, 1.82) is 0 Å². The number of ether oxygens (including phenoxy) is 2. The lowest BCUT2D eigenvalue weighted by atomic mass is 10.2. The zero-order valence-electron chi connectivity index (χ0n) is 13.0. The molecule has 5 heteroatoms. The number of hydrogen-bond donors (Lipinski definition) is 0. The molecule has 2 rings (SSSR count). The predicted octanol–water partition coefficient (Wildman–Crippen LogP) is 4.28. The van der Waals surface area contributed by atoms with Crippen LogP contribution in [0.2, 0.25) is 5.02 Å². The van der Waals surface area contributed by atoms with E-state index in [0.717, 1.165) is 5.56 Å². The highest BCUT2D eigenvalue weighted by Crippen LogP contribution is 2.17. The van der Waals surface area contributed by atoms with Gasteiger partial charge in [-0.1, -0.05) is 54.1 Å². The Labute approximate surface area is 145 Å². The summed E-state index contributed by atoms with van der Waals surface area (Å²) in [5, 5.41) is 0.477. The van der Waals surface area contributed by atoms with Gasteiger partial charge in [-0.3, -0.25) is 9.59 Å². The number of halogens is 1. The van der Waals surface area contributed by atoms with E-state index in [1.54, 1.807) is 24.3 Å². The molecule has 0 aliphatic rings. The lowest BCUT2D eigenvalue weighted by molar-refractivity contribution is -0.145. The summed E-state index contributed by atoms with van der Waals surface area (Å²) in [4.78, 5) is 23.2. The Balaban J connectivity index is 1.65. The normalized spacial score (nSPS) is 10.5. The minimum absolute atomic E-state index is 0.0292. The maximum Gasteiger partial charge on any atom is 0.311 e. The molecule has 0 N–H and O–H groups in total. The summed E-state index contributed by atoms with van der Waals surface area (Å²) in [5.74, 6) is -0.600. The van der Waals surface area contributed by atoms with E-state index in [-0.39, 0.29) is 19.4 Å². The van der Waals surface area contributed by atoms with Gasteiger partial charge in [0, 0.05) is 5.02 Å². The minimum atomic E-state index is -0.506. The van der Waals surface area contributed by atoms with Crippen LogP contribution in [0.3, 0.4) is 0 Å². The van der Waals surface area contributed by atoms with Crippen molar-refractivity contribution in [3.05, 3.63) is 71.3 Å². The molecule has 0 aliphatic carbocycles. The predicted molar refractivity (Wildman–Crippen MR) is 92.8 cm³/mol. The number of benzene rings is 2. The van der Waals surface area contributed by atoms with Gasteiger partial charge in [-0.05, 0) is 29.8 Å². The summed E-state index contributed by atoms with van der Waals surface area (Å²) < 4.78 is 10.1. The Morgan fingerprint density at radius 1 is 0.958 bits per heavy atom. The Morgan fingerprint density at radius 2 is 1.71 bits per heavy atom. The Bertz CT molecular complexity index is 710. The van der Waals surface area contributed by atoms with Gasteiger partial charge in [0.25, 0.3) is 0 Å². The van der Waals surface area contributed by atoms with Crippen molar-refractivity contribution in [2.75, 3.05) is 6.61 Å². The van der Waals surface area contributed by atoms with Gasteiger partial charge >= 0.3 is 11.9 Å². The average molecular weight is 345 g/mol. The first-order valence-electron chi connectivity index (χ1n) is 7.47. The molecule has 0 spiro atoms. The monoisotopic (exact) mass is 344 g/mol. The van der Waals surface area contributed by atoms with Crippen molar-refractivity contribution in [3.63, 3.8) is 0 Å². The molecule has 0 radical (unpaired) electrons. The molecule has 124 valence electrons. The molecule has 0 amide bonds. The lowest BCUT2D eigenvalue weighted by Crippen LogP contribution is -2.12. The average Bonchev–Trinajstić information content (AvgIpc) is 2.58. The zero-order valence-corrected chi connectivity index (χ0v) is 13.7. The third-order valence-corrected chi connectivity index (χ3v) is 3.25. The van der Waals surface area contributed by atoms with Crippen LogP contribution in [0.25, 0.3) is 6.08 Å². The number of carbonyl (C=O) groups excluding carboxylic acids is 2. The van der Waals surface area contributed by atoms with E-state index >= 15 is 0 Å². The molecule has 0 saturated carbocycles. The summed E-state index contributed by atoms with van der Waals surface area (Å²) in [6, 6.07) is 16.2. The van der Waals surface area contributed by atoms with Crippen LogP contribution in [0.1, 0.15) is 18.4 Å². The lowest BCUT2D eigenvalue weighted by Gasteiger charge is -2.04. The van der Waals surface area contributed by atoms with Gasteiger partial charge in [0.1, 0.15) is 12.4 Å². The first-order chi connectivity index (χ1) is 11.6. The van der Waals surface area contributed by atoms with Crippen molar-refractivity contribution >= 4 is 29.6 Å². The van der Waals surface area contributed by atoms with Gasteiger partial charge in [-0.25, -0.2) is 0 Å². The maximum absolute atomic E-state index is 11.7. The van der Waals surface area contributed by atoms with E-state index in [1.165, 1.54) is 6.07 Å². The van der Waals surface area contributed by atoms with E-state index in [4.69, 9.17) is 21.1 Å². The summed E-state index contributed by atoms with van der Waals surface area (Å²) in [6.07, 6.45) is 3.53. The highest BCUT2D eigenvalue weighted by molar-refractivity contribution is 6.30.